The van der Waals surface area contributed by atoms with Crippen molar-refractivity contribution in [3.63, 3.8) is 0 Å². The number of nitrogens with one attached hydrogen (secondary N) is 1. The van der Waals surface area contributed by atoms with Crippen LogP contribution < -0.4 is 20.9 Å². The number of benzene rings is 1. The van der Waals surface area contributed by atoms with Gasteiger partial charge in [0.2, 0.25) is 0 Å². The Balaban J connectivity index is 0.000000509. The van der Waals surface area contributed by atoms with Gasteiger partial charge in [-0.3, -0.25) is 19.1 Å². The Kier molecular flexibility index (Phi) is 9.13. The van der Waals surface area contributed by atoms with Crippen LogP contribution in [0.25, 0.3) is 10.9 Å². The van der Waals surface area contributed by atoms with Gasteiger partial charge in [0.25, 0.3) is 5.56 Å². The normalized spacial score (nSPS) is 14.0. The number of aliphatic carboxylic acids is 1. The molecule has 0 saturated carbocycles. The number of hydrogen-bond donors (Lipinski definition) is 2. The highest BCUT2D eigenvalue weighted by Gasteiger charge is 2.20. The summed E-state index contributed by atoms with van der Waals surface area (Å²) in [5.74, 6) is 0.775. The maximum atomic E-state index is 12.8. The van der Waals surface area contributed by atoms with Crippen molar-refractivity contribution in [2.75, 3.05) is 44.7 Å². The molecule has 1 aliphatic rings. The largest absolute Gasteiger partial charge is 0.495 e. The molecule has 1 saturated heterocycles. The van der Waals surface area contributed by atoms with E-state index in [-0.39, 0.29) is 5.56 Å². The molecule has 0 unspecified atom stereocenters. The summed E-state index contributed by atoms with van der Waals surface area (Å²) in [6, 6.07) is 8.02. The second kappa shape index (κ2) is 12.3. The van der Waals surface area contributed by atoms with Crippen molar-refractivity contribution in [1.29, 1.82) is 0 Å². The number of carboxylic acids is 1. The molecule has 0 amide bonds. The van der Waals surface area contributed by atoms with Crippen LogP contribution in [0.5, 0.6) is 5.75 Å². The number of aryl methyl sites for hydroxylation is 1. The maximum Gasteiger partial charge on any atom is 0.328 e. The van der Waals surface area contributed by atoms with Crippen molar-refractivity contribution < 1.29 is 19.1 Å². The summed E-state index contributed by atoms with van der Waals surface area (Å²) in [6.45, 7) is 8.22. The molecule has 3 heterocycles. The van der Waals surface area contributed by atoms with Gasteiger partial charge in [0.05, 0.1) is 18.3 Å². The van der Waals surface area contributed by atoms with Crippen LogP contribution in [-0.4, -0.2) is 65.4 Å². The van der Waals surface area contributed by atoms with E-state index in [1.165, 1.54) is 10.8 Å². The van der Waals surface area contributed by atoms with Gasteiger partial charge in [0.15, 0.2) is 0 Å². The van der Waals surface area contributed by atoms with Crippen LogP contribution >= 0.6 is 0 Å². The van der Waals surface area contributed by atoms with Crippen LogP contribution in [0, 0.1) is 0 Å². The molecule has 3 aromatic rings. The molecule has 1 aromatic carbocycles. The molecule has 1 fully saturated rings. The number of furan rings is 1. The highest BCUT2D eigenvalue weighted by Crippen LogP contribution is 2.28. The van der Waals surface area contributed by atoms with Crippen molar-refractivity contribution in [3.05, 3.63) is 57.1 Å². The first-order valence-electron chi connectivity index (χ1n) is 11.9. The van der Waals surface area contributed by atoms with E-state index >= 15 is 0 Å². The molecule has 2 aromatic heterocycles. The summed E-state index contributed by atoms with van der Waals surface area (Å²) in [5, 5.41) is 8.39. The maximum absolute atomic E-state index is 12.8. The summed E-state index contributed by atoms with van der Waals surface area (Å²) < 4.78 is 12.2. The van der Waals surface area contributed by atoms with Crippen molar-refractivity contribution >= 4 is 22.6 Å². The number of aromatic nitrogens is 2. The molecule has 0 bridgehead atoms. The molecule has 0 radical (unpaired) electrons. The summed E-state index contributed by atoms with van der Waals surface area (Å²) in [6.07, 6.45) is 3.07. The molecule has 0 aliphatic carbocycles. The fraction of sp³-hybridized carbons (Fsp3) is 0.480. The molecule has 0 spiro atoms. The number of piperazine rings is 1. The van der Waals surface area contributed by atoms with E-state index in [0.29, 0.717) is 42.6 Å². The van der Waals surface area contributed by atoms with Gasteiger partial charge in [0.1, 0.15) is 23.2 Å². The van der Waals surface area contributed by atoms with E-state index in [0.717, 1.165) is 44.0 Å². The highest BCUT2D eigenvalue weighted by molar-refractivity contribution is 5.79. The fourth-order valence-electron chi connectivity index (χ4n) is 4.16. The minimum atomic E-state index is -0.711. The lowest BCUT2D eigenvalue weighted by atomic mass is 10.2. The number of fused-ring (bicyclic) bond motifs is 1. The van der Waals surface area contributed by atoms with Gasteiger partial charge in [-0.25, -0.2) is 4.79 Å². The highest BCUT2D eigenvalue weighted by atomic mass is 16.5. The Hall–Kier alpha value is -3.53. The van der Waals surface area contributed by atoms with Crippen LogP contribution in [0.15, 0.2) is 44.5 Å². The van der Waals surface area contributed by atoms with Gasteiger partial charge in [-0.15, -0.1) is 0 Å². The average Bonchev–Trinajstić information content (AvgIpc) is 3.27. The van der Waals surface area contributed by atoms with Gasteiger partial charge in [0, 0.05) is 52.1 Å². The fourth-order valence-corrected chi connectivity index (χ4v) is 4.16. The number of para-hydroxylation sites is 2. The SMILES string of the molecule is CCCC(=O)O.CCc1occ2[nH]c(=O)n(CCN3CCN(c4ccccc4OC)CC3)c(=O)c12. The van der Waals surface area contributed by atoms with Crippen molar-refractivity contribution in [2.45, 2.75) is 39.7 Å². The minimum Gasteiger partial charge on any atom is -0.495 e. The monoisotopic (exact) mass is 486 g/mol. The first-order chi connectivity index (χ1) is 16.9. The van der Waals surface area contributed by atoms with E-state index in [2.05, 4.69) is 20.9 Å². The van der Waals surface area contributed by atoms with Crippen molar-refractivity contribution in [2.24, 2.45) is 0 Å². The van der Waals surface area contributed by atoms with E-state index in [9.17, 15) is 14.4 Å². The van der Waals surface area contributed by atoms with E-state index < -0.39 is 11.7 Å². The first-order valence-corrected chi connectivity index (χ1v) is 11.9. The summed E-state index contributed by atoms with van der Waals surface area (Å²) in [7, 11) is 1.69. The third kappa shape index (κ3) is 6.33. The first kappa shape index (κ1) is 26.1. The Morgan fingerprint density at radius 1 is 1.11 bits per heavy atom. The van der Waals surface area contributed by atoms with Gasteiger partial charge in [-0.2, -0.15) is 0 Å². The molecule has 35 heavy (non-hydrogen) atoms. The topological polar surface area (TPSA) is 121 Å². The van der Waals surface area contributed by atoms with Crippen LogP contribution in [0.4, 0.5) is 5.69 Å². The molecular formula is C25H34N4O6. The molecule has 10 nitrogen and oxygen atoms in total. The molecule has 190 valence electrons. The third-order valence-corrected chi connectivity index (χ3v) is 6.04. The standard InChI is InChI=1S/C21H26N4O4.C4H8O2/c1-3-17-19-15(14-29-17)22-21(27)25(20(19)26)13-10-23-8-11-24(12-9-23)16-6-4-5-7-18(16)28-2;1-2-3-4(5)6/h4-7,14H,3,8-13H2,1-2H3,(H,22,27);2-3H2,1H3,(H,5,6). The number of ether oxygens (including phenoxy) is 1. The van der Waals surface area contributed by atoms with Crippen molar-refractivity contribution in [3.8, 4) is 5.75 Å². The van der Waals surface area contributed by atoms with Gasteiger partial charge in [-0.05, 0) is 18.6 Å². The number of rotatable bonds is 8. The zero-order valence-corrected chi connectivity index (χ0v) is 20.6. The van der Waals surface area contributed by atoms with Gasteiger partial charge >= 0.3 is 11.7 Å². The number of nitrogens with zero attached hydrogens (tertiary/aromatic N) is 3. The van der Waals surface area contributed by atoms with Crippen molar-refractivity contribution in [1.82, 2.24) is 14.5 Å². The number of carbonyl (C=O) groups is 1. The Morgan fingerprint density at radius 2 is 1.83 bits per heavy atom. The number of carboxylic acid groups (broad SMARTS) is 1. The van der Waals surface area contributed by atoms with E-state index in [1.807, 2.05) is 32.0 Å². The average molecular weight is 487 g/mol. The third-order valence-electron chi connectivity index (χ3n) is 6.04. The van der Waals surface area contributed by atoms with E-state index in [1.54, 1.807) is 7.11 Å². The second-order valence-electron chi connectivity index (χ2n) is 8.33. The Morgan fingerprint density at radius 3 is 2.43 bits per heavy atom. The zero-order chi connectivity index (χ0) is 25.4. The lowest BCUT2D eigenvalue weighted by Crippen LogP contribution is -2.48. The van der Waals surface area contributed by atoms with Crippen LogP contribution in [0.1, 0.15) is 32.4 Å². The number of methoxy groups -OCH3 is 1. The smallest absolute Gasteiger partial charge is 0.328 e. The Labute approximate surface area is 203 Å². The van der Waals surface area contributed by atoms with Crippen LogP contribution in [0.2, 0.25) is 0 Å². The summed E-state index contributed by atoms with van der Waals surface area (Å²) in [5.41, 5.74) is 0.902. The second-order valence-corrected chi connectivity index (χ2v) is 8.33. The minimum absolute atomic E-state index is 0.276. The molecule has 10 heteroatoms. The molecule has 1 aliphatic heterocycles. The predicted molar refractivity (Wildman–Crippen MR) is 135 cm³/mol. The van der Waals surface area contributed by atoms with E-state index in [4.69, 9.17) is 14.3 Å². The zero-order valence-electron chi connectivity index (χ0n) is 20.6. The number of hydrogen-bond acceptors (Lipinski definition) is 7. The molecular weight excluding hydrogens is 452 g/mol. The lowest BCUT2D eigenvalue weighted by Gasteiger charge is -2.36. The number of aromatic amines is 1. The molecule has 4 rings (SSSR count). The molecule has 2 N–H and O–H groups in total. The number of H-pyrrole nitrogens is 1. The number of anilines is 1. The predicted octanol–water partition coefficient (Wildman–Crippen LogP) is 2.55. The van der Waals surface area contributed by atoms with Gasteiger partial charge in [-0.1, -0.05) is 26.0 Å². The molecule has 0 atom stereocenters. The lowest BCUT2D eigenvalue weighted by molar-refractivity contribution is -0.137. The van der Waals surface area contributed by atoms with Crippen LogP contribution in [-0.2, 0) is 17.8 Å². The summed E-state index contributed by atoms with van der Waals surface area (Å²) in [4.78, 5) is 42.1. The summed E-state index contributed by atoms with van der Waals surface area (Å²) >= 11 is 0. The van der Waals surface area contributed by atoms with Gasteiger partial charge < -0.3 is 24.1 Å². The Bertz CT molecular complexity index is 1240. The van der Waals surface area contributed by atoms with Crippen LogP contribution in [0.3, 0.4) is 0 Å². The quantitative estimate of drug-likeness (QED) is 0.498.